The number of Topliss-reactive ketones (excluding diaryl/α,β-unsaturated/α-hetero) is 1. The molecular weight excluding hydrogens is 418 g/mol. The van der Waals surface area contributed by atoms with Crippen LogP contribution in [-0.2, 0) is 4.79 Å². The SMILES string of the molecule is COc1ccc(OCCC(=O)CCCC(CN2CCCC2)C(O)c2ccc(OC)cc2)cc1. The van der Waals surface area contributed by atoms with E-state index in [-0.39, 0.29) is 11.7 Å². The fourth-order valence-corrected chi connectivity index (χ4v) is 4.36. The molecule has 0 aliphatic carbocycles. The summed E-state index contributed by atoms with van der Waals surface area (Å²) in [7, 11) is 3.26. The minimum Gasteiger partial charge on any atom is -0.497 e. The van der Waals surface area contributed by atoms with Gasteiger partial charge in [-0.3, -0.25) is 4.79 Å². The Morgan fingerprint density at radius 2 is 1.48 bits per heavy atom. The normalized spacial score (nSPS) is 15.7. The van der Waals surface area contributed by atoms with Crippen molar-refractivity contribution >= 4 is 5.78 Å². The molecule has 6 nitrogen and oxygen atoms in total. The highest BCUT2D eigenvalue weighted by molar-refractivity contribution is 5.78. The van der Waals surface area contributed by atoms with Crippen molar-refractivity contribution in [1.29, 1.82) is 0 Å². The maximum Gasteiger partial charge on any atom is 0.136 e. The van der Waals surface area contributed by atoms with Gasteiger partial charge in [-0.05, 0) is 80.7 Å². The first-order chi connectivity index (χ1) is 16.1. The number of aliphatic hydroxyl groups excluding tert-OH is 1. The van der Waals surface area contributed by atoms with Crippen LogP contribution in [0.1, 0.15) is 50.2 Å². The van der Waals surface area contributed by atoms with Crippen LogP contribution in [0.15, 0.2) is 48.5 Å². The maximum absolute atomic E-state index is 12.4. The van der Waals surface area contributed by atoms with Gasteiger partial charge < -0.3 is 24.2 Å². The van der Waals surface area contributed by atoms with Crippen molar-refractivity contribution in [3.63, 3.8) is 0 Å². The second-order valence-electron chi connectivity index (χ2n) is 8.69. The number of aliphatic hydroxyl groups is 1. The zero-order valence-corrected chi connectivity index (χ0v) is 19.9. The summed E-state index contributed by atoms with van der Waals surface area (Å²) in [5, 5.41) is 11.1. The summed E-state index contributed by atoms with van der Waals surface area (Å²) in [5.41, 5.74) is 0.902. The molecule has 0 aromatic heterocycles. The molecule has 2 aromatic carbocycles. The number of ketones is 1. The van der Waals surface area contributed by atoms with Gasteiger partial charge in [0.2, 0.25) is 0 Å². The lowest BCUT2D eigenvalue weighted by atomic mass is 9.90. The fourth-order valence-electron chi connectivity index (χ4n) is 4.36. The molecule has 1 fully saturated rings. The van der Waals surface area contributed by atoms with Crippen LogP contribution in [0.25, 0.3) is 0 Å². The number of nitrogens with zero attached hydrogens (tertiary/aromatic N) is 1. The summed E-state index contributed by atoms with van der Waals surface area (Å²) >= 11 is 0. The van der Waals surface area contributed by atoms with Crippen molar-refractivity contribution in [3.05, 3.63) is 54.1 Å². The predicted molar refractivity (Wildman–Crippen MR) is 129 cm³/mol. The second-order valence-corrected chi connectivity index (χ2v) is 8.69. The first-order valence-corrected chi connectivity index (χ1v) is 11.9. The first-order valence-electron chi connectivity index (χ1n) is 11.9. The van der Waals surface area contributed by atoms with E-state index in [9.17, 15) is 9.90 Å². The van der Waals surface area contributed by atoms with Gasteiger partial charge >= 0.3 is 0 Å². The van der Waals surface area contributed by atoms with Gasteiger partial charge in [-0.15, -0.1) is 0 Å². The second kappa shape index (κ2) is 13.2. The molecule has 2 unspecified atom stereocenters. The van der Waals surface area contributed by atoms with E-state index in [2.05, 4.69) is 4.90 Å². The Bertz CT molecular complexity index is 831. The van der Waals surface area contributed by atoms with Crippen molar-refractivity contribution in [2.75, 3.05) is 40.5 Å². The van der Waals surface area contributed by atoms with E-state index in [4.69, 9.17) is 14.2 Å². The third-order valence-corrected chi connectivity index (χ3v) is 6.33. The summed E-state index contributed by atoms with van der Waals surface area (Å²) in [6, 6.07) is 15.0. The molecule has 1 heterocycles. The van der Waals surface area contributed by atoms with E-state index in [1.807, 2.05) is 48.5 Å². The topological polar surface area (TPSA) is 68.2 Å². The van der Waals surface area contributed by atoms with Crippen LogP contribution in [0.3, 0.4) is 0 Å². The number of methoxy groups -OCH3 is 2. The molecule has 2 atom stereocenters. The van der Waals surface area contributed by atoms with Gasteiger partial charge in [-0.25, -0.2) is 0 Å². The average molecular weight is 456 g/mol. The van der Waals surface area contributed by atoms with Crippen LogP contribution < -0.4 is 14.2 Å². The number of benzene rings is 2. The Hall–Kier alpha value is -2.57. The van der Waals surface area contributed by atoms with Crippen molar-refractivity contribution in [2.24, 2.45) is 5.92 Å². The van der Waals surface area contributed by atoms with E-state index in [1.165, 1.54) is 12.8 Å². The minimum absolute atomic E-state index is 0.0971. The van der Waals surface area contributed by atoms with Crippen molar-refractivity contribution in [3.8, 4) is 17.2 Å². The van der Waals surface area contributed by atoms with Crippen LogP contribution in [0.2, 0.25) is 0 Å². The Labute approximate surface area is 197 Å². The Morgan fingerprint density at radius 3 is 2.09 bits per heavy atom. The van der Waals surface area contributed by atoms with E-state index < -0.39 is 6.10 Å². The molecule has 6 heteroatoms. The van der Waals surface area contributed by atoms with Crippen LogP contribution >= 0.6 is 0 Å². The number of hydrogen-bond donors (Lipinski definition) is 1. The third-order valence-electron chi connectivity index (χ3n) is 6.33. The molecule has 180 valence electrons. The molecule has 33 heavy (non-hydrogen) atoms. The third kappa shape index (κ3) is 8.06. The predicted octanol–water partition coefficient (Wildman–Crippen LogP) is 4.66. The summed E-state index contributed by atoms with van der Waals surface area (Å²) in [6.45, 7) is 3.42. The lowest BCUT2D eigenvalue weighted by Crippen LogP contribution is -2.30. The van der Waals surface area contributed by atoms with Crippen LogP contribution in [0.4, 0.5) is 0 Å². The zero-order chi connectivity index (χ0) is 23.5. The van der Waals surface area contributed by atoms with E-state index in [1.54, 1.807) is 14.2 Å². The summed E-state index contributed by atoms with van der Waals surface area (Å²) in [5.74, 6) is 2.59. The summed E-state index contributed by atoms with van der Waals surface area (Å²) in [6.07, 6.45) is 4.38. The molecule has 2 aromatic rings. The highest BCUT2D eigenvalue weighted by Crippen LogP contribution is 2.29. The molecule has 3 rings (SSSR count). The van der Waals surface area contributed by atoms with Gasteiger partial charge in [0.1, 0.15) is 23.0 Å². The lowest BCUT2D eigenvalue weighted by Gasteiger charge is -2.28. The van der Waals surface area contributed by atoms with Gasteiger partial charge in [-0.2, -0.15) is 0 Å². The number of ether oxygens (including phenoxy) is 3. The largest absolute Gasteiger partial charge is 0.497 e. The number of likely N-dealkylation sites (tertiary alicyclic amines) is 1. The Balaban J connectivity index is 1.45. The van der Waals surface area contributed by atoms with Crippen LogP contribution in [0.5, 0.6) is 17.2 Å². The fraction of sp³-hybridized carbons (Fsp3) is 0.519. The van der Waals surface area contributed by atoms with Crippen molar-refractivity contribution in [2.45, 2.75) is 44.6 Å². The highest BCUT2D eigenvalue weighted by Gasteiger charge is 2.25. The van der Waals surface area contributed by atoms with Crippen molar-refractivity contribution < 1.29 is 24.1 Å². The maximum atomic E-state index is 12.4. The molecule has 0 spiro atoms. The number of hydrogen-bond acceptors (Lipinski definition) is 6. The van der Waals surface area contributed by atoms with E-state index >= 15 is 0 Å². The van der Waals surface area contributed by atoms with Gasteiger partial charge in [0.15, 0.2) is 0 Å². The average Bonchev–Trinajstić information content (AvgIpc) is 3.37. The van der Waals surface area contributed by atoms with E-state index in [0.29, 0.717) is 19.4 Å². The van der Waals surface area contributed by atoms with Crippen molar-refractivity contribution in [1.82, 2.24) is 4.90 Å². The van der Waals surface area contributed by atoms with Gasteiger partial charge in [0, 0.05) is 25.3 Å². The molecule has 1 saturated heterocycles. The molecule has 1 N–H and O–H groups in total. The van der Waals surface area contributed by atoms with Crippen LogP contribution in [-0.4, -0.2) is 56.3 Å². The first kappa shape index (κ1) is 25.1. The monoisotopic (exact) mass is 455 g/mol. The molecule has 0 bridgehead atoms. The summed E-state index contributed by atoms with van der Waals surface area (Å²) in [4.78, 5) is 14.8. The quantitative estimate of drug-likeness (QED) is 0.447. The van der Waals surface area contributed by atoms with E-state index in [0.717, 1.165) is 55.3 Å². The summed E-state index contributed by atoms with van der Waals surface area (Å²) < 4.78 is 16.0. The lowest BCUT2D eigenvalue weighted by molar-refractivity contribution is -0.119. The number of rotatable bonds is 14. The number of carbonyl (C=O) groups excluding carboxylic acids is 1. The molecule has 0 amide bonds. The Kier molecular flexibility index (Phi) is 10.0. The number of carbonyl (C=O) groups is 1. The van der Waals surface area contributed by atoms with Gasteiger partial charge in [0.05, 0.1) is 26.9 Å². The van der Waals surface area contributed by atoms with Gasteiger partial charge in [-0.1, -0.05) is 12.1 Å². The molecular formula is C27H37NO5. The Morgan fingerprint density at radius 1 is 0.909 bits per heavy atom. The van der Waals surface area contributed by atoms with Crippen LogP contribution in [0, 0.1) is 5.92 Å². The molecule has 1 aliphatic rings. The minimum atomic E-state index is -0.551. The smallest absolute Gasteiger partial charge is 0.136 e. The van der Waals surface area contributed by atoms with Gasteiger partial charge in [0.25, 0.3) is 0 Å². The molecule has 0 saturated carbocycles. The zero-order valence-electron chi connectivity index (χ0n) is 19.9. The molecule has 1 aliphatic heterocycles. The molecule has 0 radical (unpaired) electrons. The standard InChI is InChI=1S/C27H37NO5/c1-31-24-10-8-21(9-11-24)27(30)22(20-28-17-3-4-18-28)6-5-7-23(29)16-19-33-26-14-12-25(32-2)13-15-26/h8-15,22,27,30H,3-7,16-20H2,1-2H3. The highest BCUT2D eigenvalue weighted by atomic mass is 16.5.